The molecule has 0 bridgehead atoms. The summed E-state index contributed by atoms with van der Waals surface area (Å²) in [4.78, 5) is 16.0. The Labute approximate surface area is 87.7 Å². The zero-order chi connectivity index (χ0) is 10.8. The monoisotopic (exact) mass is 203 g/mol. The summed E-state index contributed by atoms with van der Waals surface area (Å²) in [6.45, 7) is 4.04. The van der Waals surface area contributed by atoms with Gasteiger partial charge in [0.25, 0.3) is 0 Å². The highest BCUT2D eigenvalue weighted by Crippen LogP contribution is 2.16. The van der Waals surface area contributed by atoms with Crippen LogP contribution in [0.1, 0.15) is 30.8 Å². The minimum atomic E-state index is 0.0693. The van der Waals surface area contributed by atoms with Crippen LogP contribution in [0, 0.1) is 5.92 Å². The summed E-state index contributed by atoms with van der Waals surface area (Å²) in [5.41, 5.74) is 1.24. The molecule has 0 aliphatic rings. The van der Waals surface area contributed by atoms with Crippen LogP contribution < -0.4 is 0 Å². The molecule has 78 valence electrons. The van der Waals surface area contributed by atoms with E-state index in [9.17, 15) is 4.79 Å². The Balaban J connectivity index is 2.42. The second kappa shape index (κ2) is 3.81. The normalized spacial score (nSPS) is 11.1. The first kappa shape index (κ1) is 9.83. The number of hydrogen-bond acceptors (Lipinski definition) is 3. The number of nitrogens with one attached hydrogen (secondary N) is 1. The van der Waals surface area contributed by atoms with Crippen LogP contribution >= 0.6 is 0 Å². The van der Waals surface area contributed by atoms with Gasteiger partial charge in [0.15, 0.2) is 5.78 Å². The van der Waals surface area contributed by atoms with E-state index < -0.39 is 0 Å². The van der Waals surface area contributed by atoms with Crippen molar-refractivity contribution in [2.75, 3.05) is 0 Å². The summed E-state index contributed by atoms with van der Waals surface area (Å²) in [6.07, 6.45) is 3.86. The van der Waals surface area contributed by atoms with Gasteiger partial charge in [-0.2, -0.15) is 5.10 Å². The Hall–Kier alpha value is -1.71. The number of nitrogens with zero attached hydrogens (tertiary/aromatic N) is 2. The van der Waals surface area contributed by atoms with Gasteiger partial charge in [0, 0.05) is 18.0 Å². The number of pyridine rings is 1. The average Bonchev–Trinajstić information content (AvgIpc) is 2.63. The number of fused-ring (bicyclic) bond motifs is 1. The molecule has 0 unspecified atom stereocenters. The number of aromatic amines is 1. The maximum atomic E-state index is 11.9. The summed E-state index contributed by atoms with van der Waals surface area (Å²) >= 11 is 0. The Morgan fingerprint density at radius 3 is 3.07 bits per heavy atom. The van der Waals surface area contributed by atoms with Crippen molar-refractivity contribution in [2.24, 2.45) is 5.92 Å². The van der Waals surface area contributed by atoms with E-state index in [-0.39, 0.29) is 5.78 Å². The molecule has 0 amide bonds. The van der Waals surface area contributed by atoms with Crippen molar-refractivity contribution in [1.82, 2.24) is 15.2 Å². The van der Waals surface area contributed by atoms with Crippen LogP contribution in [0.5, 0.6) is 0 Å². The van der Waals surface area contributed by atoms with Gasteiger partial charge in [0.2, 0.25) is 0 Å². The first-order valence-electron chi connectivity index (χ1n) is 4.99. The molecular weight excluding hydrogens is 190 g/mol. The van der Waals surface area contributed by atoms with E-state index in [0.29, 0.717) is 18.0 Å². The third-order valence-corrected chi connectivity index (χ3v) is 2.22. The van der Waals surface area contributed by atoms with E-state index in [1.165, 1.54) is 0 Å². The van der Waals surface area contributed by atoms with Crippen LogP contribution in [-0.4, -0.2) is 21.0 Å². The fourth-order valence-corrected chi connectivity index (χ4v) is 1.55. The summed E-state index contributed by atoms with van der Waals surface area (Å²) in [7, 11) is 0. The predicted octanol–water partition coefficient (Wildman–Crippen LogP) is 2.19. The summed E-state index contributed by atoms with van der Waals surface area (Å²) in [5.74, 6) is 0.414. The lowest BCUT2D eigenvalue weighted by molar-refractivity contribution is 0.0964. The minimum absolute atomic E-state index is 0.0693. The molecular formula is C11H13N3O. The highest BCUT2D eigenvalue weighted by Gasteiger charge is 2.13. The van der Waals surface area contributed by atoms with Crippen molar-refractivity contribution >= 4 is 16.7 Å². The van der Waals surface area contributed by atoms with Crippen LogP contribution in [-0.2, 0) is 0 Å². The smallest absolute Gasteiger partial charge is 0.183 e. The average molecular weight is 203 g/mol. The molecule has 0 atom stereocenters. The van der Waals surface area contributed by atoms with E-state index in [4.69, 9.17) is 0 Å². The SMILES string of the molecule is CC(C)CC(=O)c1nccc2cn[nH]c12. The molecule has 4 heteroatoms. The van der Waals surface area contributed by atoms with Gasteiger partial charge in [0.1, 0.15) is 5.69 Å². The van der Waals surface area contributed by atoms with Crippen LogP contribution in [0.3, 0.4) is 0 Å². The minimum Gasteiger partial charge on any atom is -0.292 e. The molecule has 1 N–H and O–H groups in total. The van der Waals surface area contributed by atoms with Gasteiger partial charge in [-0.05, 0) is 12.0 Å². The van der Waals surface area contributed by atoms with Crippen LogP contribution in [0.2, 0.25) is 0 Å². The fraction of sp³-hybridized carbons (Fsp3) is 0.364. The Kier molecular flexibility index (Phi) is 2.49. The highest BCUT2D eigenvalue weighted by molar-refractivity contribution is 6.04. The van der Waals surface area contributed by atoms with Crippen molar-refractivity contribution in [3.8, 4) is 0 Å². The number of ketones is 1. The number of aromatic nitrogens is 3. The highest BCUT2D eigenvalue weighted by atomic mass is 16.1. The molecule has 0 aromatic carbocycles. The number of rotatable bonds is 3. The zero-order valence-electron chi connectivity index (χ0n) is 8.82. The van der Waals surface area contributed by atoms with E-state index in [1.807, 2.05) is 19.9 Å². The number of carbonyl (C=O) groups excluding carboxylic acids is 1. The van der Waals surface area contributed by atoms with Crippen molar-refractivity contribution in [3.05, 3.63) is 24.2 Å². The molecule has 0 aliphatic carbocycles. The quantitative estimate of drug-likeness (QED) is 0.778. The van der Waals surface area contributed by atoms with Crippen molar-refractivity contribution in [2.45, 2.75) is 20.3 Å². The third-order valence-electron chi connectivity index (χ3n) is 2.22. The van der Waals surface area contributed by atoms with Gasteiger partial charge < -0.3 is 0 Å². The van der Waals surface area contributed by atoms with Gasteiger partial charge in [-0.3, -0.25) is 14.9 Å². The topological polar surface area (TPSA) is 58.6 Å². The van der Waals surface area contributed by atoms with Gasteiger partial charge in [-0.1, -0.05) is 13.8 Å². The van der Waals surface area contributed by atoms with Crippen LogP contribution in [0.25, 0.3) is 10.9 Å². The number of hydrogen-bond donors (Lipinski definition) is 1. The summed E-state index contributed by atoms with van der Waals surface area (Å²) < 4.78 is 0. The Bertz CT molecular complexity index is 487. The van der Waals surface area contributed by atoms with Gasteiger partial charge in [0.05, 0.1) is 11.7 Å². The molecule has 0 aliphatic heterocycles. The second-order valence-corrected chi connectivity index (χ2v) is 4.01. The standard InChI is InChI=1S/C11H13N3O/c1-7(2)5-9(15)11-10-8(3-4-12-11)6-13-14-10/h3-4,6-7H,5H2,1-2H3,(H,13,14). The molecule has 0 spiro atoms. The molecule has 2 aromatic rings. The maximum absolute atomic E-state index is 11.9. The van der Waals surface area contributed by atoms with Crippen molar-refractivity contribution in [3.63, 3.8) is 0 Å². The lowest BCUT2D eigenvalue weighted by atomic mass is 10.0. The summed E-state index contributed by atoms with van der Waals surface area (Å²) in [6, 6.07) is 1.84. The number of carbonyl (C=O) groups is 1. The zero-order valence-corrected chi connectivity index (χ0v) is 8.82. The fourth-order valence-electron chi connectivity index (χ4n) is 1.55. The van der Waals surface area contributed by atoms with E-state index >= 15 is 0 Å². The number of Topliss-reactive ketones (excluding diaryl/α,β-unsaturated/α-hetero) is 1. The van der Waals surface area contributed by atoms with Crippen LogP contribution in [0.4, 0.5) is 0 Å². The second-order valence-electron chi connectivity index (χ2n) is 4.01. The van der Waals surface area contributed by atoms with E-state index in [1.54, 1.807) is 12.4 Å². The first-order valence-corrected chi connectivity index (χ1v) is 4.99. The van der Waals surface area contributed by atoms with E-state index in [2.05, 4.69) is 15.2 Å². The van der Waals surface area contributed by atoms with E-state index in [0.717, 1.165) is 10.9 Å². The van der Waals surface area contributed by atoms with Gasteiger partial charge >= 0.3 is 0 Å². The third kappa shape index (κ3) is 1.88. The first-order chi connectivity index (χ1) is 7.18. The molecule has 15 heavy (non-hydrogen) atoms. The van der Waals surface area contributed by atoms with Crippen LogP contribution in [0.15, 0.2) is 18.5 Å². The Morgan fingerprint density at radius 1 is 1.53 bits per heavy atom. The lowest BCUT2D eigenvalue weighted by Gasteiger charge is -2.03. The van der Waals surface area contributed by atoms with Crippen molar-refractivity contribution in [1.29, 1.82) is 0 Å². The van der Waals surface area contributed by atoms with Gasteiger partial charge in [-0.25, -0.2) is 0 Å². The molecule has 2 rings (SSSR count). The molecule has 0 fully saturated rings. The molecule has 0 radical (unpaired) electrons. The van der Waals surface area contributed by atoms with Crippen molar-refractivity contribution < 1.29 is 4.79 Å². The molecule has 2 aromatic heterocycles. The molecule has 0 saturated heterocycles. The number of H-pyrrole nitrogens is 1. The molecule has 2 heterocycles. The summed E-state index contributed by atoms with van der Waals surface area (Å²) in [5, 5.41) is 7.64. The maximum Gasteiger partial charge on any atom is 0.183 e. The van der Waals surface area contributed by atoms with Gasteiger partial charge in [-0.15, -0.1) is 0 Å². The largest absolute Gasteiger partial charge is 0.292 e. The molecule has 0 saturated carbocycles. The molecule has 4 nitrogen and oxygen atoms in total. The Morgan fingerprint density at radius 2 is 2.33 bits per heavy atom. The predicted molar refractivity (Wildman–Crippen MR) is 57.7 cm³/mol. The lowest BCUT2D eigenvalue weighted by Crippen LogP contribution is -2.06.